The third kappa shape index (κ3) is 3.30. The van der Waals surface area contributed by atoms with Gasteiger partial charge in [-0.25, -0.2) is 4.98 Å². The van der Waals surface area contributed by atoms with E-state index in [4.69, 9.17) is 9.15 Å². The standard InChI is InChI=1S/C19H18N2O3/c1-3-23-15-9-6-8-14(11-15)21-19(22)17-18(24-12-20-17)16-10-5-4-7-13(16)2/h4-12H,3H2,1-2H3,(H,21,22). The van der Waals surface area contributed by atoms with Gasteiger partial charge in [-0.1, -0.05) is 30.3 Å². The zero-order valence-corrected chi connectivity index (χ0v) is 13.6. The van der Waals surface area contributed by atoms with Crippen molar-refractivity contribution >= 4 is 11.6 Å². The van der Waals surface area contributed by atoms with Crippen molar-refractivity contribution in [2.75, 3.05) is 11.9 Å². The predicted molar refractivity (Wildman–Crippen MR) is 92.2 cm³/mol. The van der Waals surface area contributed by atoms with Gasteiger partial charge < -0.3 is 14.5 Å². The Morgan fingerprint density at radius 1 is 1.21 bits per heavy atom. The average Bonchev–Trinajstić information content (AvgIpc) is 3.05. The predicted octanol–water partition coefficient (Wildman–Crippen LogP) is 4.30. The molecule has 1 N–H and O–H groups in total. The first-order valence-corrected chi connectivity index (χ1v) is 7.72. The number of anilines is 1. The highest BCUT2D eigenvalue weighted by Gasteiger charge is 2.19. The third-order valence-corrected chi connectivity index (χ3v) is 3.58. The number of nitrogens with zero attached hydrogens (tertiary/aromatic N) is 1. The van der Waals surface area contributed by atoms with Crippen LogP contribution in [0.1, 0.15) is 23.0 Å². The van der Waals surface area contributed by atoms with E-state index < -0.39 is 0 Å². The van der Waals surface area contributed by atoms with E-state index in [2.05, 4.69) is 10.3 Å². The molecule has 0 atom stereocenters. The Morgan fingerprint density at radius 2 is 2.04 bits per heavy atom. The number of carbonyl (C=O) groups is 1. The van der Waals surface area contributed by atoms with Crippen LogP contribution in [0, 0.1) is 6.92 Å². The summed E-state index contributed by atoms with van der Waals surface area (Å²) in [6.45, 7) is 4.44. The molecule has 122 valence electrons. The summed E-state index contributed by atoms with van der Waals surface area (Å²) in [5.41, 5.74) is 2.76. The number of ether oxygens (including phenoxy) is 1. The van der Waals surface area contributed by atoms with Crippen LogP contribution in [0.4, 0.5) is 5.69 Å². The van der Waals surface area contributed by atoms with Gasteiger partial charge in [-0.2, -0.15) is 0 Å². The Bertz CT molecular complexity index is 855. The van der Waals surface area contributed by atoms with E-state index in [1.807, 2.05) is 50.2 Å². The van der Waals surface area contributed by atoms with Crippen molar-refractivity contribution in [3.8, 4) is 17.1 Å². The van der Waals surface area contributed by atoms with Crippen molar-refractivity contribution < 1.29 is 13.9 Å². The smallest absolute Gasteiger partial charge is 0.278 e. The van der Waals surface area contributed by atoms with E-state index in [9.17, 15) is 4.79 Å². The summed E-state index contributed by atoms with van der Waals surface area (Å²) in [5.74, 6) is 0.844. The molecule has 24 heavy (non-hydrogen) atoms. The van der Waals surface area contributed by atoms with Gasteiger partial charge in [0, 0.05) is 17.3 Å². The maximum Gasteiger partial charge on any atom is 0.278 e. The van der Waals surface area contributed by atoms with Crippen LogP contribution in [0.25, 0.3) is 11.3 Å². The summed E-state index contributed by atoms with van der Waals surface area (Å²) in [7, 11) is 0. The van der Waals surface area contributed by atoms with Crippen LogP contribution in [-0.4, -0.2) is 17.5 Å². The minimum atomic E-state index is -0.323. The maximum atomic E-state index is 12.6. The Hall–Kier alpha value is -3.08. The molecule has 5 heteroatoms. The number of carbonyl (C=O) groups excluding carboxylic acids is 1. The highest BCUT2D eigenvalue weighted by molar-refractivity contribution is 6.06. The van der Waals surface area contributed by atoms with Crippen LogP contribution >= 0.6 is 0 Å². The van der Waals surface area contributed by atoms with Crippen LogP contribution in [0.2, 0.25) is 0 Å². The van der Waals surface area contributed by atoms with Gasteiger partial charge in [0.25, 0.3) is 5.91 Å². The Kier molecular flexibility index (Phi) is 4.61. The van der Waals surface area contributed by atoms with Gasteiger partial charge in [0.15, 0.2) is 17.8 Å². The summed E-state index contributed by atoms with van der Waals surface area (Å²) in [4.78, 5) is 16.7. The summed E-state index contributed by atoms with van der Waals surface area (Å²) in [5, 5.41) is 2.83. The number of nitrogens with one attached hydrogen (secondary N) is 1. The maximum absolute atomic E-state index is 12.6. The normalized spacial score (nSPS) is 10.4. The first-order chi connectivity index (χ1) is 11.7. The third-order valence-electron chi connectivity index (χ3n) is 3.58. The number of amides is 1. The number of benzene rings is 2. The number of hydrogen-bond donors (Lipinski definition) is 1. The van der Waals surface area contributed by atoms with Crippen molar-refractivity contribution in [2.24, 2.45) is 0 Å². The number of aromatic nitrogens is 1. The fourth-order valence-corrected chi connectivity index (χ4v) is 2.45. The molecule has 0 fully saturated rings. The molecular weight excluding hydrogens is 304 g/mol. The van der Waals surface area contributed by atoms with Crippen LogP contribution in [0.3, 0.4) is 0 Å². The van der Waals surface area contributed by atoms with Crippen molar-refractivity contribution in [3.63, 3.8) is 0 Å². The quantitative estimate of drug-likeness (QED) is 0.760. The molecule has 1 aromatic heterocycles. The molecule has 0 aliphatic rings. The van der Waals surface area contributed by atoms with Crippen molar-refractivity contribution in [3.05, 3.63) is 66.2 Å². The Balaban J connectivity index is 1.86. The second-order valence-corrected chi connectivity index (χ2v) is 5.26. The van der Waals surface area contributed by atoms with Gasteiger partial charge in [-0.05, 0) is 31.5 Å². The van der Waals surface area contributed by atoms with E-state index >= 15 is 0 Å². The van der Waals surface area contributed by atoms with Crippen LogP contribution in [0.5, 0.6) is 5.75 Å². The van der Waals surface area contributed by atoms with Crippen LogP contribution < -0.4 is 10.1 Å². The largest absolute Gasteiger partial charge is 0.494 e. The molecule has 3 aromatic rings. The van der Waals surface area contributed by atoms with Gasteiger partial charge >= 0.3 is 0 Å². The average molecular weight is 322 g/mol. The summed E-state index contributed by atoms with van der Waals surface area (Å²) in [6, 6.07) is 14.9. The van der Waals surface area contributed by atoms with Gasteiger partial charge in [0.05, 0.1) is 6.61 Å². The van der Waals surface area contributed by atoms with E-state index in [1.54, 1.807) is 12.1 Å². The first kappa shape index (κ1) is 15.8. The van der Waals surface area contributed by atoms with Crippen LogP contribution in [0.15, 0.2) is 59.3 Å². The minimum absolute atomic E-state index is 0.256. The molecule has 0 saturated carbocycles. The highest BCUT2D eigenvalue weighted by atomic mass is 16.5. The molecule has 0 aliphatic heterocycles. The zero-order chi connectivity index (χ0) is 16.9. The lowest BCUT2D eigenvalue weighted by Crippen LogP contribution is -2.13. The second kappa shape index (κ2) is 7.00. The lowest BCUT2D eigenvalue weighted by Gasteiger charge is -2.08. The topological polar surface area (TPSA) is 64.4 Å². The van der Waals surface area contributed by atoms with Crippen molar-refractivity contribution in [1.29, 1.82) is 0 Å². The lowest BCUT2D eigenvalue weighted by molar-refractivity contribution is 0.102. The van der Waals surface area contributed by atoms with E-state index in [-0.39, 0.29) is 11.6 Å². The van der Waals surface area contributed by atoms with Gasteiger partial charge in [-0.15, -0.1) is 0 Å². The number of oxazole rings is 1. The van der Waals surface area contributed by atoms with Gasteiger partial charge in [0.1, 0.15) is 5.75 Å². The number of rotatable bonds is 5. The van der Waals surface area contributed by atoms with E-state index in [1.165, 1.54) is 6.39 Å². The highest BCUT2D eigenvalue weighted by Crippen LogP contribution is 2.27. The SMILES string of the molecule is CCOc1cccc(NC(=O)c2ncoc2-c2ccccc2C)c1. The first-order valence-electron chi connectivity index (χ1n) is 7.72. The van der Waals surface area contributed by atoms with E-state index in [0.29, 0.717) is 23.8 Å². The molecule has 2 aromatic carbocycles. The Morgan fingerprint density at radius 3 is 2.83 bits per heavy atom. The van der Waals surface area contributed by atoms with Gasteiger partial charge in [-0.3, -0.25) is 4.79 Å². The van der Waals surface area contributed by atoms with E-state index in [0.717, 1.165) is 11.1 Å². The fraction of sp³-hybridized carbons (Fsp3) is 0.158. The lowest BCUT2D eigenvalue weighted by atomic mass is 10.1. The van der Waals surface area contributed by atoms with Crippen LogP contribution in [-0.2, 0) is 0 Å². The second-order valence-electron chi connectivity index (χ2n) is 5.26. The molecule has 0 bridgehead atoms. The summed E-state index contributed by atoms with van der Waals surface area (Å²) < 4.78 is 10.9. The minimum Gasteiger partial charge on any atom is -0.494 e. The molecule has 0 spiro atoms. The molecule has 0 radical (unpaired) electrons. The molecule has 0 aliphatic carbocycles. The molecule has 1 amide bonds. The zero-order valence-electron chi connectivity index (χ0n) is 13.6. The van der Waals surface area contributed by atoms with Crippen molar-refractivity contribution in [2.45, 2.75) is 13.8 Å². The fourth-order valence-electron chi connectivity index (χ4n) is 2.45. The number of hydrogen-bond acceptors (Lipinski definition) is 4. The van der Waals surface area contributed by atoms with Crippen molar-refractivity contribution in [1.82, 2.24) is 4.98 Å². The molecule has 1 heterocycles. The summed E-state index contributed by atoms with van der Waals surface area (Å²) >= 11 is 0. The van der Waals surface area contributed by atoms with Gasteiger partial charge in [0.2, 0.25) is 0 Å². The molecule has 3 rings (SSSR count). The summed E-state index contributed by atoms with van der Waals surface area (Å²) in [6.07, 6.45) is 1.29. The molecule has 0 saturated heterocycles. The molecular formula is C19H18N2O3. The Labute approximate surface area is 140 Å². The monoisotopic (exact) mass is 322 g/mol. The number of aryl methyl sites for hydroxylation is 1. The molecule has 5 nitrogen and oxygen atoms in total. The molecule has 0 unspecified atom stereocenters.